The first kappa shape index (κ1) is 22.9. The van der Waals surface area contributed by atoms with E-state index >= 15 is 0 Å². The van der Waals surface area contributed by atoms with Crippen LogP contribution >= 0.6 is 0 Å². The Balaban J connectivity index is 1.23. The second-order valence-electron chi connectivity index (χ2n) is 10.1. The molecule has 1 aliphatic carbocycles. The van der Waals surface area contributed by atoms with E-state index in [9.17, 15) is 9.59 Å². The number of carbonyl (C=O) groups excluding carboxylic acids is 2. The number of aromatic nitrogens is 2. The molecule has 0 radical (unpaired) electrons. The molecule has 2 N–H and O–H groups in total. The van der Waals surface area contributed by atoms with E-state index in [4.69, 9.17) is 4.98 Å². The molecule has 7 nitrogen and oxygen atoms in total. The number of nitrogens with one attached hydrogen (secondary N) is 2. The number of amides is 3. The number of imidazole rings is 1. The van der Waals surface area contributed by atoms with Crippen LogP contribution in [0.3, 0.4) is 0 Å². The largest absolute Gasteiger partial charge is 0.337 e. The highest BCUT2D eigenvalue weighted by molar-refractivity contribution is 5.94. The van der Waals surface area contributed by atoms with Gasteiger partial charge in [-0.1, -0.05) is 56.0 Å². The molecule has 2 aliphatic heterocycles. The topological polar surface area (TPSA) is 79.3 Å². The smallest absolute Gasteiger partial charge is 0.315 e. The predicted octanol–water partition coefficient (Wildman–Crippen LogP) is 4.51. The fourth-order valence-corrected chi connectivity index (χ4v) is 5.73. The van der Waals surface area contributed by atoms with Crippen LogP contribution in [0.5, 0.6) is 0 Å². The van der Waals surface area contributed by atoms with Gasteiger partial charge in [0.1, 0.15) is 11.5 Å². The average Bonchev–Trinajstić information content (AvgIpc) is 3.05. The highest BCUT2D eigenvalue weighted by Crippen LogP contribution is 2.28. The Labute approximate surface area is 202 Å². The fourth-order valence-electron chi connectivity index (χ4n) is 5.73. The lowest BCUT2D eigenvalue weighted by Gasteiger charge is -2.33. The Morgan fingerprint density at radius 2 is 1.47 bits per heavy atom. The summed E-state index contributed by atoms with van der Waals surface area (Å²) in [5.41, 5.74) is 2.78. The SMILES string of the molecule is O=C(NC1CCCCC1)NC1CCN(C(=O)c2nc(-c3ccccc3)n3c2CCCCC3)CC1. The molecule has 1 aromatic carbocycles. The summed E-state index contributed by atoms with van der Waals surface area (Å²) in [6, 6.07) is 10.6. The molecule has 7 heteroatoms. The number of benzene rings is 1. The highest BCUT2D eigenvalue weighted by atomic mass is 16.2. The van der Waals surface area contributed by atoms with Gasteiger partial charge >= 0.3 is 6.03 Å². The molecule has 1 saturated carbocycles. The summed E-state index contributed by atoms with van der Waals surface area (Å²) in [5.74, 6) is 0.953. The highest BCUT2D eigenvalue weighted by Gasteiger charge is 2.30. The summed E-state index contributed by atoms with van der Waals surface area (Å²) in [7, 11) is 0. The van der Waals surface area contributed by atoms with Crippen LogP contribution < -0.4 is 10.6 Å². The summed E-state index contributed by atoms with van der Waals surface area (Å²) in [6.07, 6.45) is 11.7. The van der Waals surface area contributed by atoms with Gasteiger partial charge in [-0.25, -0.2) is 9.78 Å². The molecule has 3 heterocycles. The predicted molar refractivity (Wildman–Crippen MR) is 133 cm³/mol. The molecule has 0 unspecified atom stereocenters. The molecule has 0 atom stereocenters. The molecule has 2 fully saturated rings. The van der Waals surface area contributed by atoms with Gasteiger partial charge in [0, 0.05) is 37.3 Å². The minimum atomic E-state index is -0.0522. The number of carbonyl (C=O) groups is 2. The van der Waals surface area contributed by atoms with Crippen molar-refractivity contribution in [2.24, 2.45) is 0 Å². The molecule has 1 saturated heterocycles. The third kappa shape index (κ3) is 5.13. The van der Waals surface area contributed by atoms with Crippen molar-refractivity contribution in [3.63, 3.8) is 0 Å². The van der Waals surface area contributed by atoms with Crippen LogP contribution in [0.1, 0.15) is 80.4 Å². The lowest BCUT2D eigenvalue weighted by Crippen LogP contribution is -2.51. The number of likely N-dealkylation sites (tertiary alicyclic amines) is 1. The van der Waals surface area contributed by atoms with Crippen LogP contribution in [0.4, 0.5) is 4.79 Å². The van der Waals surface area contributed by atoms with Crippen molar-refractivity contribution in [1.29, 1.82) is 0 Å². The maximum atomic E-state index is 13.6. The second kappa shape index (κ2) is 10.6. The molecule has 182 valence electrons. The number of fused-ring (bicyclic) bond motifs is 1. The Morgan fingerprint density at radius 3 is 2.21 bits per heavy atom. The van der Waals surface area contributed by atoms with Crippen molar-refractivity contribution in [1.82, 2.24) is 25.1 Å². The molecule has 0 spiro atoms. The Hall–Kier alpha value is -2.83. The lowest BCUT2D eigenvalue weighted by molar-refractivity contribution is 0.0701. The average molecular weight is 464 g/mol. The Morgan fingerprint density at radius 1 is 0.794 bits per heavy atom. The summed E-state index contributed by atoms with van der Waals surface area (Å²) in [5, 5.41) is 6.28. The molecule has 3 amide bonds. The van der Waals surface area contributed by atoms with Crippen molar-refractivity contribution in [2.45, 2.75) is 89.3 Å². The minimum Gasteiger partial charge on any atom is -0.337 e. The van der Waals surface area contributed by atoms with Crippen molar-refractivity contribution < 1.29 is 9.59 Å². The van der Waals surface area contributed by atoms with Gasteiger partial charge in [0.25, 0.3) is 5.91 Å². The van der Waals surface area contributed by atoms with E-state index in [0.29, 0.717) is 24.8 Å². The summed E-state index contributed by atoms with van der Waals surface area (Å²) >= 11 is 0. The summed E-state index contributed by atoms with van der Waals surface area (Å²) in [4.78, 5) is 32.8. The van der Waals surface area contributed by atoms with Crippen molar-refractivity contribution >= 4 is 11.9 Å². The van der Waals surface area contributed by atoms with Gasteiger partial charge in [0.2, 0.25) is 0 Å². The Bertz CT molecular complexity index is 988. The molecule has 34 heavy (non-hydrogen) atoms. The van der Waals surface area contributed by atoms with Crippen molar-refractivity contribution in [2.75, 3.05) is 13.1 Å². The fraction of sp³-hybridized carbons (Fsp3) is 0.593. The standard InChI is InChI=1S/C27H37N5O2/c33-26(31-18-15-22(16-19-31)29-27(34)28-21-12-6-2-7-13-21)24-23-14-8-3-9-17-32(23)25(30-24)20-10-4-1-5-11-20/h1,4-5,10-11,21-22H,2-3,6-9,12-19H2,(H2,28,29,34). The number of rotatable bonds is 4. The number of hydrogen-bond acceptors (Lipinski definition) is 3. The van der Waals surface area contributed by atoms with Crippen LogP contribution in [0, 0.1) is 0 Å². The molecule has 3 aliphatic rings. The van der Waals surface area contributed by atoms with E-state index in [0.717, 1.165) is 68.6 Å². The first-order valence-electron chi connectivity index (χ1n) is 13.2. The zero-order chi connectivity index (χ0) is 23.3. The maximum Gasteiger partial charge on any atom is 0.315 e. The summed E-state index contributed by atoms with van der Waals surface area (Å²) in [6.45, 7) is 2.22. The van der Waals surface area contributed by atoms with E-state index in [1.54, 1.807) is 0 Å². The van der Waals surface area contributed by atoms with E-state index in [-0.39, 0.29) is 18.0 Å². The lowest BCUT2D eigenvalue weighted by atomic mass is 9.96. The zero-order valence-electron chi connectivity index (χ0n) is 20.1. The van der Waals surface area contributed by atoms with E-state index in [1.807, 2.05) is 23.1 Å². The van der Waals surface area contributed by atoms with E-state index in [2.05, 4.69) is 27.3 Å². The van der Waals surface area contributed by atoms with Crippen LogP contribution in [0.2, 0.25) is 0 Å². The second-order valence-corrected chi connectivity index (χ2v) is 10.1. The van der Waals surface area contributed by atoms with Gasteiger partial charge in [0.15, 0.2) is 0 Å². The van der Waals surface area contributed by atoms with Gasteiger partial charge in [-0.15, -0.1) is 0 Å². The third-order valence-corrected chi connectivity index (χ3v) is 7.66. The quantitative estimate of drug-likeness (QED) is 0.700. The Kier molecular flexibility index (Phi) is 7.16. The van der Waals surface area contributed by atoms with Crippen LogP contribution in [0.25, 0.3) is 11.4 Å². The zero-order valence-corrected chi connectivity index (χ0v) is 20.1. The van der Waals surface area contributed by atoms with Gasteiger partial charge in [0.05, 0.1) is 5.69 Å². The third-order valence-electron chi connectivity index (χ3n) is 7.66. The molecule has 0 bridgehead atoms. The van der Waals surface area contributed by atoms with E-state index < -0.39 is 0 Å². The van der Waals surface area contributed by atoms with Gasteiger partial charge in [-0.3, -0.25) is 4.79 Å². The van der Waals surface area contributed by atoms with Gasteiger partial charge in [-0.2, -0.15) is 0 Å². The normalized spacial score (nSPS) is 19.8. The molecule has 2 aromatic rings. The van der Waals surface area contributed by atoms with Gasteiger partial charge in [-0.05, 0) is 44.9 Å². The van der Waals surface area contributed by atoms with Gasteiger partial charge < -0.3 is 20.1 Å². The minimum absolute atomic E-state index is 0.0398. The van der Waals surface area contributed by atoms with Crippen LogP contribution in [-0.2, 0) is 13.0 Å². The molecule has 1 aromatic heterocycles. The number of urea groups is 1. The van der Waals surface area contributed by atoms with Crippen molar-refractivity contribution in [3.8, 4) is 11.4 Å². The molecular formula is C27H37N5O2. The first-order valence-corrected chi connectivity index (χ1v) is 13.2. The number of piperidine rings is 1. The molecule has 5 rings (SSSR count). The number of nitrogens with zero attached hydrogens (tertiary/aromatic N) is 3. The van der Waals surface area contributed by atoms with Crippen molar-refractivity contribution in [3.05, 3.63) is 41.7 Å². The number of hydrogen-bond donors (Lipinski definition) is 2. The first-order chi connectivity index (χ1) is 16.7. The summed E-state index contributed by atoms with van der Waals surface area (Å²) < 4.78 is 2.28. The van der Waals surface area contributed by atoms with E-state index in [1.165, 1.54) is 25.7 Å². The maximum absolute atomic E-state index is 13.6. The monoisotopic (exact) mass is 463 g/mol. The molecular weight excluding hydrogens is 426 g/mol. The van der Waals surface area contributed by atoms with Crippen LogP contribution in [0.15, 0.2) is 30.3 Å². The van der Waals surface area contributed by atoms with Crippen LogP contribution in [-0.4, -0.2) is 51.6 Å².